The van der Waals surface area contributed by atoms with Gasteiger partial charge in [0.25, 0.3) is 0 Å². The first-order valence-electron chi connectivity index (χ1n) is 7.55. The van der Waals surface area contributed by atoms with Crippen LogP contribution in [0.15, 0.2) is 35.2 Å². The number of hydrogen-bond donors (Lipinski definition) is 0. The Labute approximate surface area is 120 Å². The average molecular weight is 269 g/mol. The largest absolute Gasteiger partial charge is 0.364 e. The predicted octanol–water partition coefficient (Wildman–Crippen LogP) is 3.89. The van der Waals surface area contributed by atoms with Gasteiger partial charge in [0.15, 0.2) is 0 Å². The quantitative estimate of drug-likeness (QED) is 0.743. The maximum Gasteiger partial charge on any atom is 0.131 e. The minimum absolute atomic E-state index is 1.04. The highest BCUT2D eigenvalue weighted by Crippen LogP contribution is 2.15. The van der Waals surface area contributed by atoms with Crippen molar-refractivity contribution < 1.29 is 4.52 Å². The number of aromatic nitrogens is 1. The van der Waals surface area contributed by atoms with Crippen molar-refractivity contribution >= 4 is 12.2 Å². The third kappa shape index (κ3) is 3.83. The lowest BCUT2D eigenvalue weighted by Crippen LogP contribution is -2.24. The van der Waals surface area contributed by atoms with Gasteiger partial charge < -0.3 is 4.52 Å². The molecule has 2 rings (SSSR count). The van der Waals surface area contributed by atoms with Crippen molar-refractivity contribution in [3.8, 4) is 11.1 Å². The molecule has 0 amide bonds. The van der Waals surface area contributed by atoms with E-state index in [1.165, 1.54) is 35.3 Å². The molecular weight excluding hydrogens is 246 g/mol. The Morgan fingerprint density at radius 1 is 1.00 bits per heavy atom. The predicted molar refractivity (Wildman–Crippen MR) is 84.6 cm³/mol. The first kappa shape index (κ1) is 14.6. The van der Waals surface area contributed by atoms with Crippen molar-refractivity contribution in [3.63, 3.8) is 0 Å². The van der Waals surface area contributed by atoms with Gasteiger partial charge >= 0.3 is 0 Å². The lowest BCUT2D eigenvalue weighted by molar-refractivity contribution is 0.420. The van der Waals surface area contributed by atoms with Gasteiger partial charge in [-0.3, -0.25) is 0 Å². The molecule has 1 aromatic carbocycles. The number of benzene rings is 1. The molecule has 0 aliphatic carbocycles. The van der Waals surface area contributed by atoms with Crippen molar-refractivity contribution in [2.24, 2.45) is 0 Å². The molecule has 0 aliphatic rings. The van der Waals surface area contributed by atoms with Crippen molar-refractivity contribution in [1.29, 1.82) is 0 Å². The first-order chi connectivity index (χ1) is 9.85. The molecule has 2 aromatic rings. The standard InChI is InChI=1S/C18H23NO/c1-3-5-7-9-16-12-17(18-13-19-20-14-18)11-10-15(16)8-6-4-2/h8-14H,3-7H2,1-2H3/b15-8+,16-9-. The molecule has 2 heteroatoms. The third-order valence-electron chi connectivity index (χ3n) is 3.43. The van der Waals surface area contributed by atoms with Gasteiger partial charge in [0.1, 0.15) is 6.26 Å². The smallest absolute Gasteiger partial charge is 0.131 e. The van der Waals surface area contributed by atoms with Crippen molar-refractivity contribution in [2.45, 2.75) is 46.0 Å². The van der Waals surface area contributed by atoms with E-state index in [0.717, 1.165) is 18.4 Å². The van der Waals surface area contributed by atoms with Crippen LogP contribution in [0.1, 0.15) is 46.0 Å². The van der Waals surface area contributed by atoms with Gasteiger partial charge in [-0.25, -0.2) is 0 Å². The summed E-state index contributed by atoms with van der Waals surface area (Å²) in [6.45, 7) is 4.44. The Hall–Kier alpha value is -1.83. The second kappa shape index (κ2) is 7.68. The fourth-order valence-corrected chi connectivity index (χ4v) is 2.23. The molecule has 1 heterocycles. The van der Waals surface area contributed by atoms with E-state index in [2.05, 4.69) is 49.4 Å². The van der Waals surface area contributed by atoms with Crippen LogP contribution in [0.25, 0.3) is 23.3 Å². The normalized spacial score (nSPS) is 13.1. The summed E-state index contributed by atoms with van der Waals surface area (Å²) in [4.78, 5) is 0. The Morgan fingerprint density at radius 2 is 1.85 bits per heavy atom. The molecule has 0 aliphatic heterocycles. The van der Waals surface area contributed by atoms with Crippen LogP contribution in [-0.2, 0) is 0 Å². The summed E-state index contributed by atoms with van der Waals surface area (Å²) in [5, 5.41) is 6.44. The highest BCUT2D eigenvalue weighted by atomic mass is 16.5. The lowest BCUT2D eigenvalue weighted by atomic mass is 10.1. The van der Waals surface area contributed by atoms with E-state index < -0.39 is 0 Å². The zero-order valence-corrected chi connectivity index (χ0v) is 12.4. The molecule has 0 saturated heterocycles. The molecule has 1 aromatic heterocycles. The van der Waals surface area contributed by atoms with Crippen LogP contribution in [0.4, 0.5) is 0 Å². The molecular formula is C18H23NO. The van der Waals surface area contributed by atoms with E-state index in [-0.39, 0.29) is 0 Å². The van der Waals surface area contributed by atoms with Gasteiger partial charge in [-0.1, -0.05) is 62.6 Å². The fraction of sp³-hybridized carbons (Fsp3) is 0.389. The summed E-state index contributed by atoms with van der Waals surface area (Å²) in [6, 6.07) is 6.59. The summed E-state index contributed by atoms with van der Waals surface area (Å²) in [7, 11) is 0. The highest BCUT2D eigenvalue weighted by Gasteiger charge is 1.99. The van der Waals surface area contributed by atoms with Gasteiger partial charge in [0.2, 0.25) is 0 Å². The van der Waals surface area contributed by atoms with E-state index in [1.807, 2.05) is 0 Å². The van der Waals surface area contributed by atoms with Gasteiger partial charge in [0.05, 0.1) is 6.20 Å². The molecule has 0 fully saturated rings. The highest BCUT2D eigenvalue weighted by molar-refractivity contribution is 5.61. The molecule has 0 atom stereocenters. The second-order valence-corrected chi connectivity index (χ2v) is 5.10. The Balaban J connectivity index is 2.41. The number of hydrogen-bond acceptors (Lipinski definition) is 2. The topological polar surface area (TPSA) is 26.0 Å². The third-order valence-corrected chi connectivity index (χ3v) is 3.43. The van der Waals surface area contributed by atoms with Crippen LogP contribution in [0, 0.1) is 0 Å². The van der Waals surface area contributed by atoms with E-state index in [1.54, 1.807) is 12.5 Å². The van der Waals surface area contributed by atoms with E-state index in [4.69, 9.17) is 4.52 Å². The summed E-state index contributed by atoms with van der Waals surface area (Å²) in [5.41, 5.74) is 2.21. The van der Waals surface area contributed by atoms with Crippen molar-refractivity contribution in [3.05, 3.63) is 41.1 Å². The molecule has 0 radical (unpaired) electrons. The second-order valence-electron chi connectivity index (χ2n) is 5.10. The van der Waals surface area contributed by atoms with Gasteiger partial charge in [-0.2, -0.15) is 0 Å². The Bertz CT molecular complexity index is 626. The van der Waals surface area contributed by atoms with E-state index in [0.29, 0.717) is 0 Å². The van der Waals surface area contributed by atoms with Gasteiger partial charge in [-0.15, -0.1) is 0 Å². The minimum atomic E-state index is 1.04. The number of nitrogens with zero attached hydrogens (tertiary/aromatic N) is 1. The lowest BCUT2D eigenvalue weighted by Gasteiger charge is -1.99. The fourth-order valence-electron chi connectivity index (χ4n) is 2.23. The van der Waals surface area contributed by atoms with Crippen LogP contribution in [0.5, 0.6) is 0 Å². The summed E-state index contributed by atoms with van der Waals surface area (Å²) < 4.78 is 4.93. The molecule has 2 nitrogen and oxygen atoms in total. The van der Waals surface area contributed by atoms with Crippen LogP contribution in [0.2, 0.25) is 0 Å². The van der Waals surface area contributed by atoms with Gasteiger partial charge in [-0.05, 0) is 34.9 Å². The monoisotopic (exact) mass is 269 g/mol. The molecule has 0 saturated carbocycles. The number of unbranched alkanes of at least 4 members (excludes halogenated alkanes) is 3. The molecule has 0 N–H and O–H groups in total. The van der Waals surface area contributed by atoms with Crippen LogP contribution in [-0.4, -0.2) is 5.16 Å². The van der Waals surface area contributed by atoms with Crippen LogP contribution < -0.4 is 10.4 Å². The zero-order valence-electron chi connectivity index (χ0n) is 12.4. The molecule has 0 bridgehead atoms. The Kier molecular flexibility index (Phi) is 5.60. The molecule has 106 valence electrons. The molecule has 0 unspecified atom stereocenters. The maximum atomic E-state index is 4.93. The first-order valence-corrected chi connectivity index (χ1v) is 7.55. The SMILES string of the molecule is CCC/C=c1\ccc(-c2cnoc2)c\c1=C\CCCC. The molecule has 20 heavy (non-hydrogen) atoms. The minimum Gasteiger partial charge on any atom is -0.364 e. The van der Waals surface area contributed by atoms with E-state index in [9.17, 15) is 0 Å². The van der Waals surface area contributed by atoms with Crippen molar-refractivity contribution in [2.75, 3.05) is 0 Å². The maximum absolute atomic E-state index is 4.93. The summed E-state index contributed by atoms with van der Waals surface area (Å²) in [6.07, 6.45) is 14.1. The van der Waals surface area contributed by atoms with Crippen molar-refractivity contribution in [1.82, 2.24) is 5.16 Å². The summed E-state index contributed by atoms with van der Waals surface area (Å²) in [5.74, 6) is 0. The van der Waals surface area contributed by atoms with E-state index >= 15 is 0 Å². The zero-order chi connectivity index (χ0) is 14.2. The number of rotatable bonds is 6. The van der Waals surface area contributed by atoms with Crippen LogP contribution in [0.3, 0.4) is 0 Å². The van der Waals surface area contributed by atoms with Crippen LogP contribution >= 0.6 is 0 Å². The van der Waals surface area contributed by atoms with Gasteiger partial charge in [0, 0.05) is 5.56 Å². The summed E-state index contributed by atoms with van der Waals surface area (Å²) >= 11 is 0. The Morgan fingerprint density at radius 3 is 2.55 bits per heavy atom. The average Bonchev–Trinajstić information content (AvgIpc) is 3.00. The molecule has 0 spiro atoms.